The van der Waals surface area contributed by atoms with Gasteiger partial charge in [0.15, 0.2) is 0 Å². The van der Waals surface area contributed by atoms with Crippen LogP contribution in [-0.2, 0) is 6.54 Å². The maximum Gasteiger partial charge on any atom is 0.142 e. The molecule has 0 radical (unpaired) electrons. The molecule has 0 bridgehead atoms. The molecule has 1 aliphatic heterocycles. The number of likely N-dealkylation sites (tertiary alicyclic amines) is 1. The van der Waals surface area contributed by atoms with Crippen molar-refractivity contribution in [1.82, 2.24) is 14.9 Å². The molecule has 1 aliphatic rings. The van der Waals surface area contributed by atoms with Gasteiger partial charge in [0.25, 0.3) is 0 Å². The lowest BCUT2D eigenvalue weighted by molar-refractivity contribution is 0.113. The number of aliphatic hydroxyl groups is 1. The van der Waals surface area contributed by atoms with Gasteiger partial charge in [-0.2, -0.15) is 0 Å². The smallest absolute Gasteiger partial charge is 0.142 e. The predicted molar refractivity (Wildman–Crippen MR) is 85.1 cm³/mol. The highest BCUT2D eigenvalue weighted by molar-refractivity contribution is 7.14. The summed E-state index contributed by atoms with van der Waals surface area (Å²) >= 11 is 1.72. The number of aliphatic hydroxyl groups excluding tert-OH is 1. The van der Waals surface area contributed by atoms with E-state index in [0.29, 0.717) is 6.04 Å². The van der Waals surface area contributed by atoms with Gasteiger partial charge in [0.1, 0.15) is 5.01 Å². The van der Waals surface area contributed by atoms with Crippen molar-refractivity contribution in [3.05, 3.63) is 35.5 Å². The van der Waals surface area contributed by atoms with E-state index in [2.05, 4.69) is 14.9 Å². The van der Waals surface area contributed by atoms with Crippen molar-refractivity contribution in [2.24, 2.45) is 0 Å². The standard InChI is InChI=1S/C16H21N3OS/c20-10-7-13-5-2-4-9-19(13)12-14-11-18-16(21-14)15-6-1-3-8-17-15/h1,3,6,8,11,13,20H,2,4-5,7,9-10,12H2. The summed E-state index contributed by atoms with van der Waals surface area (Å²) in [4.78, 5) is 12.6. The second kappa shape index (κ2) is 7.11. The Bertz CT molecular complexity index is 556. The van der Waals surface area contributed by atoms with E-state index in [0.717, 1.165) is 30.2 Å². The first-order valence-corrected chi connectivity index (χ1v) is 8.39. The van der Waals surface area contributed by atoms with Gasteiger partial charge in [-0.05, 0) is 37.9 Å². The third-order valence-electron chi connectivity index (χ3n) is 4.01. The van der Waals surface area contributed by atoms with Gasteiger partial charge in [0.05, 0.1) is 5.69 Å². The van der Waals surface area contributed by atoms with Crippen molar-refractivity contribution in [2.45, 2.75) is 38.3 Å². The highest BCUT2D eigenvalue weighted by atomic mass is 32.1. The van der Waals surface area contributed by atoms with Gasteiger partial charge in [-0.1, -0.05) is 12.5 Å². The topological polar surface area (TPSA) is 49.2 Å². The van der Waals surface area contributed by atoms with E-state index in [4.69, 9.17) is 0 Å². The van der Waals surface area contributed by atoms with E-state index in [1.807, 2.05) is 24.4 Å². The van der Waals surface area contributed by atoms with Gasteiger partial charge in [-0.25, -0.2) is 4.98 Å². The zero-order valence-electron chi connectivity index (χ0n) is 12.1. The molecule has 21 heavy (non-hydrogen) atoms. The van der Waals surface area contributed by atoms with Crippen LogP contribution in [0, 0.1) is 0 Å². The molecule has 1 saturated heterocycles. The molecule has 0 aliphatic carbocycles. The van der Waals surface area contributed by atoms with Crippen LogP contribution in [0.3, 0.4) is 0 Å². The molecule has 2 aromatic rings. The molecule has 2 aromatic heterocycles. The first-order chi connectivity index (χ1) is 10.4. The fourth-order valence-corrected chi connectivity index (χ4v) is 3.85. The van der Waals surface area contributed by atoms with Crippen LogP contribution in [0.4, 0.5) is 0 Å². The average Bonchev–Trinajstić information content (AvgIpc) is 2.99. The molecule has 1 N–H and O–H groups in total. The molecule has 0 saturated carbocycles. The molecule has 5 heteroatoms. The van der Waals surface area contributed by atoms with Crippen molar-refractivity contribution in [3.63, 3.8) is 0 Å². The number of hydrogen-bond donors (Lipinski definition) is 1. The molecule has 1 fully saturated rings. The molecule has 1 unspecified atom stereocenters. The van der Waals surface area contributed by atoms with Crippen LogP contribution < -0.4 is 0 Å². The van der Waals surface area contributed by atoms with Crippen molar-refractivity contribution in [1.29, 1.82) is 0 Å². The second-order valence-electron chi connectivity index (χ2n) is 5.48. The van der Waals surface area contributed by atoms with E-state index in [-0.39, 0.29) is 6.61 Å². The number of aromatic nitrogens is 2. The Hall–Kier alpha value is -1.30. The van der Waals surface area contributed by atoms with Crippen molar-refractivity contribution >= 4 is 11.3 Å². The zero-order valence-corrected chi connectivity index (χ0v) is 12.9. The monoisotopic (exact) mass is 303 g/mol. The predicted octanol–water partition coefficient (Wildman–Crippen LogP) is 2.94. The minimum Gasteiger partial charge on any atom is -0.396 e. The van der Waals surface area contributed by atoms with E-state index in [9.17, 15) is 5.11 Å². The van der Waals surface area contributed by atoms with E-state index >= 15 is 0 Å². The first kappa shape index (κ1) is 14.6. The molecule has 1 atom stereocenters. The van der Waals surface area contributed by atoms with Gasteiger partial charge in [-0.3, -0.25) is 9.88 Å². The molecule has 112 valence electrons. The summed E-state index contributed by atoms with van der Waals surface area (Å²) in [7, 11) is 0. The normalized spacial score (nSPS) is 19.8. The number of hydrogen-bond acceptors (Lipinski definition) is 5. The second-order valence-corrected chi connectivity index (χ2v) is 6.59. The van der Waals surface area contributed by atoms with Gasteiger partial charge in [0.2, 0.25) is 0 Å². The van der Waals surface area contributed by atoms with Crippen LogP contribution in [-0.4, -0.2) is 39.2 Å². The largest absolute Gasteiger partial charge is 0.396 e. The van der Waals surface area contributed by atoms with E-state index in [1.165, 1.54) is 24.1 Å². The molecular weight excluding hydrogens is 282 g/mol. The van der Waals surface area contributed by atoms with Gasteiger partial charge in [0, 0.05) is 36.5 Å². The van der Waals surface area contributed by atoms with Crippen molar-refractivity contribution < 1.29 is 5.11 Å². The van der Waals surface area contributed by atoms with Crippen molar-refractivity contribution in [2.75, 3.05) is 13.2 Å². The summed E-state index contributed by atoms with van der Waals surface area (Å²) in [6.45, 7) is 2.35. The Morgan fingerprint density at radius 1 is 1.29 bits per heavy atom. The maximum absolute atomic E-state index is 9.21. The third kappa shape index (κ3) is 3.67. The van der Waals surface area contributed by atoms with Crippen molar-refractivity contribution in [3.8, 4) is 10.7 Å². The fourth-order valence-electron chi connectivity index (χ4n) is 2.93. The number of piperidine rings is 1. The third-order valence-corrected chi connectivity index (χ3v) is 5.01. The van der Waals surface area contributed by atoms with Crippen LogP contribution in [0.2, 0.25) is 0 Å². The SMILES string of the molecule is OCCC1CCCCN1Cc1cnc(-c2ccccn2)s1. The van der Waals surface area contributed by atoms with Crippen LogP contribution in [0.25, 0.3) is 10.7 Å². The molecule has 0 aromatic carbocycles. The number of thiazole rings is 1. The average molecular weight is 303 g/mol. The number of pyridine rings is 1. The van der Waals surface area contributed by atoms with Gasteiger partial charge in [-0.15, -0.1) is 11.3 Å². The van der Waals surface area contributed by atoms with E-state index in [1.54, 1.807) is 17.5 Å². The van der Waals surface area contributed by atoms with E-state index < -0.39 is 0 Å². The zero-order chi connectivity index (χ0) is 14.5. The Morgan fingerprint density at radius 2 is 2.24 bits per heavy atom. The lowest BCUT2D eigenvalue weighted by atomic mass is 10.00. The van der Waals surface area contributed by atoms with Crippen LogP contribution in [0.1, 0.15) is 30.6 Å². The maximum atomic E-state index is 9.21. The Morgan fingerprint density at radius 3 is 3.05 bits per heavy atom. The summed E-state index contributed by atoms with van der Waals surface area (Å²) in [5.41, 5.74) is 0.944. The van der Waals surface area contributed by atoms with Crippen LogP contribution >= 0.6 is 11.3 Å². The molecule has 3 heterocycles. The lowest BCUT2D eigenvalue weighted by Crippen LogP contribution is -2.39. The quantitative estimate of drug-likeness (QED) is 0.922. The summed E-state index contributed by atoms with van der Waals surface area (Å²) in [5, 5.41) is 10.2. The molecule has 4 nitrogen and oxygen atoms in total. The van der Waals surface area contributed by atoms with Crippen LogP contribution in [0.15, 0.2) is 30.6 Å². The summed E-state index contributed by atoms with van der Waals surface area (Å²) < 4.78 is 0. The highest BCUT2D eigenvalue weighted by Crippen LogP contribution is 2.27. The summed E-state index contributed by atoms with van der Waals surface area (Å²) in [5.74, 6) is 0. The highest BCUT2D eigenvalue weighted by Gasteiger charge is 2.22. The Kier molecular flexibility index (Phi) is 4.95. The lowest BCUT2D eigenvalue weighted by Gasteiger charge is -2.35. The first-order valence-electron chi connectivity index (χ1n) is 7.58. The fraction of sp³-hybridized carbons (Fsp3) is 0.500. The van der Waals surface area contributed by atoms with Crippen LogP contribution in [0.5, 0.6) is 0 Å². The van der Waals surface area contributed by atoms with Gasteiger partial charge < -0.3 is 5.11 Å². The number of nitrogens with zero attached hydrogens (tertiary/aromatic N) is 3. The molecule has 0 spiro atoms. The number of rotatable bonds is 5. The summed E-state index contributed by atoms with van der Waals surface area (Å²) in [6, 6.07) is 6.43. The molecule has 3 rings (SSSR count). The molecule has 0 amide bonds. The minimum absolute atomic E-state index is 0.281. The summed E-state index contributed by atoms with van der Waals surface area (Å²) in [6.07, 6.45) is 8.40. The minimum atomic E-state index is 0.281. The molecular formula is C16H21N3OS. The Labute approximate surface area is 129 Å². The van der Waals surface area contributed by atoms with Gasteiger partial charge >= 0.3 is 0 Å². The Balaban J connectivity index is 1.69.